The standard InChI is InChI=1S/C9H13F3N2/c1-8(2,3)7-13-6(5-14(7)4)9(10,11)12/h5H,1-4H3/i4D3. The van der Waals surface area contributed by atoms with Gasteiger partial charge in [-0.25, -0.2) is 4.98 Å². The first-order valence-electron chi connectivity index (χ1n) is 5.51. The summed E-state index contributed by atoms with van der Waals surface area (Å²) in [5, 5.41) is 0. The van der Waals surface area contributed by atoms with Crippen molar-refractivity contribution in [3.05, 3.63) is 17.7 Å². The molecule has 0 aromatic carbocycles. The first-order valence-corrected chi connectivity index (χ1v) is 4.01. The van der Waals surface area contributed by atoms with Crippen molar-refractivity contribution < 1.29 is 17.3 Å². The van der Waals surface area contributed by atoms with Crippen molar-refractivity contribution in [3.8, 4) is 0 Å². The SMILES string of the molecule is [2H]C([2H])([2H])n1cc(C(F)(F)F)nc1C(C)(C)C. The molecule has 2 nitrogen and oxygen atoms in total. The van der Waals surface area contributed by atoms with Gasteiger partial charge in [0.1, 0.15) is 5.82 Å². The van der Waals surface area contributed by atoms with E-state index in [9.17, 15) is 13.2 Å². The van der Waals surface area contributed by atoms with Crippen LogP contribution in [-0.4, -0.2) is 9.55 Å². The van der Waals surface area contributed by atoms with Gasteiger partial charge in [0.05, 0.1) is 0 Å². The first-order chi connectivity index (χ1) is 7.33. The van der Waals surface area contributed by atoms with E-state index in [1.807, 2.05) is 0 Å². The maximum absolute atomic E-state index is 12.5. The molecular formula is C9H13F3N2. The summed E-state index contributed by atoms with van der Waals surface area (Å²) in [4.78, 5) is 3.40. The van der Waals surface area contributed by atoms with Crippen LogP contribution in [-0.2, 0) is 18.6 Å². The largest absolute Gasteiger partial charge is 0.434 e. The highest BCUT2D eigenvalue weighted by molar-refractivity contribution is 5.13. The summed E-state index contributed by atoms with van der Waals surface area (Å²) in [7, 11) is 0. The Morgan fingerprint density at radius 1 is 1.36 bits per heavy atom. The molecule has 0 N–H and O–H groups in total. The number of halogens is 3. The molecule has 0 aliphatic carbocycles. The van der Waals surface area contributed by atoms with E-state index in [4.69, 9.17) is 4.11 Å². The van der Waals surface area contributed by atoms with Gasteiger partial charge >= 0.3 is 6.18 Å². The van der Waals surface area contributed by atoms with Gasteiger partial charge < -0.3 is 4.57 Å². The Hall–Kier alpha value is -1.00. The second-order valence-electron chi connectivity index (χ2n) is 4.07. The van der Waals surface area contributed by atoms with Gasteiger partial charge in [-0.05, 0) is 0 Å². The highest BCUT2D eigenvalue weighted by Crippen LogP contribution is 2.30. The van der Waals surface area contributed by atoms with E-state index in [0.717, 1.165) is 0 Å². The quantitative estimate of drug-likeness (QED) is 0.642. The van der Waals surface area contributed by atoms with Crippen molar-refractivity contribution in [2.45, 2.75) is 32.4 Å². The fraction of sp³-hybridized carbons (Fsp3) is 0.667. The molecule has 1 aromatic heterocycles. The maximum atomic E-state index is 12.5. The number of aromatic nitrogens is 2. The minimum Gasteiger partial charge on any atom is -0.337 e. The van der Waals surface area contributed by atoms with Crippen molar-refractivity contribution >= 4 is 0 Å². The molecule has 0 amide bonds. The summed E-state index contributed by atoms with van der Waals surface area (Å²) >= 11 is 0. The summed E-state index contributed by atoms with van der Waals surface area (Å²) in [6, 6.07) is 0. The van der Waals surface area contributed by atoms with Crippen LogP contribution >= 0.6 is 0 Å². The Bertz CT molecular complexity index is 381. The van der Waals surface area contributed by atoms with E-state index in [0.29, 0.717) is 10.8 Å². The lowest BCUT2D eigenvalue weighted by Gasteiger charge is -2.17. The minimum absolute atomic E-state index is 0.107. The minimum atomic E-state index is -4.64. The second-order valence-corrected chi connectivity index (χ2v) is 4.07. The molecule has 0 fully saturated rings. The topological polar surface area (TPSA) is 17.8 Å². The van der Waals surface area contributed by atoms with Crippen LogP contribution in [0.5, 0.6) is 0 Å². The molecular weight excluding hydrogens is 193 g/mol. The third kappa shape index (κ3) is 2.08. The predicted octanol–water partition coefficient (Wildman–Crippen LogP) is 2.74. The molecule has 0 atom stereocenters. The van der Waals surface area contributed by atoms with Crippen molar-refractivity contribution in [2.24, 2.45) is 6.98 Å². The van der Waals surface area contributed by atoms with Gasteiger partial charge in [0.2, 0.25) is 0 Å². The molecule has 0 radical (unpaired) electrons. The second kappa shape index (κ2) is 3.00. The van der Waals surface area contributed by atoms with Gasteiger partial charge in [0.15, 0.2) is 5.69 Å². The fourth-order valence-electron chi connectivity index (χ4n) is 1.05. The van der Waals surface area contributed by atoms with Crippen molar-refractivity contribution in [1.82, 2.24) is 9.55 Å². The number of hydrogen-bond donors (Lipinski definition) is 0. The number of alkyl halides is 3. The molecule has 1 rings (SSSR count). The summed E-state index contributed by atoms with van der Waals surface area (Å²) in [5.74, 6) is -0.107. The third-order valence-electron chi connectivity index (χ3n) is 1.67. The van der Waals surface area contributed by atoms with Crippen LogP contribution in [0.3, 0.4) is 0 Å². The Kier molecular flexibility index (Phi) is 1.57. The van der Waals surface area contributed by atoms with Crippen LogP contribution in [0.2, 0.25) is 0 Å². The summed E-state index contributed by atoms with van der Waals surface area (Å²) < 4.78 is 59.7. The van der Waals surface area contributed by atoms with Crippen LogP contribution < -0.4 is 0 Å². The Balaban J connectivity index is 3.44. The molecule has 0 bridgehead atoms. The summed E-state index contributed by atoms with van der Waals surface area (Å²) in [6.07, 6.45) is -4.11. The average Bonchev–Trinajstić information content (AvgIpc) is 2.42. The third-order valence-corrected chi connectivity index (χ3v) is 1.67. The molecule has 0 aliphatic heterocycles. The van der Waals surface area contributed by atoms with E-state index in [2.05, 4.69) is 4.98 Å². The fourth-order valence-corrected chi connectivity index (χ4v) is 1.05. The van der Waals surface area contributed by atoms with Crippen molar-refractivity contribution in [3.63, 3.8) is 0 Å². The number of rotatable bonds is 0. The smallest absolute Gasteiger partial charge is 0.337 e. The van der Waals surface area contributed by atoms with Gasteiger partial charge in [-0.1, -0.05) is 20.8 Å². The molecule has 80 valence electrons. The van der Waals surface area contributed by atoms with Crippen LogP contribution in [0.25, 0.3) is 0 Å². The van der Waals surface area contributed by atoms with Gasteiger partial charge in [-0.15, -0.1) is 0 Å². The maximum Gasteiger partial charge on any atom is 0.434 e. The van der Waals surface area contributed by atoms with Gasteiger partial charge in [-0.3, -0.25) is 0 Å². The lowest BCUT2D eigenvalue weighted by Crippen LogP contribution is -2.17. The molecule has 14 heavy (non-hydrogen) atoms. The highest BCUT2D eigenvalue weighted by atomic mass is 19.4. The molecule has 5 heteroatoms. The summed E-state index contributed by atoms with van der Waals surface area (Å²) in [6.45, 7) is 2.16. The van der Waals surface area contributed by atoms with E-state index >= 15 is 0 Å². The van der Waals surface area contributed by atoms with Crippen LogP contribution in [0.1, 0.15) is 36.4 Å². The Morgan fingerprint density at radius 3 is 2.21 bits per heavy atom. The van der Waals surface area contributed by atoms with Gasteiger partial charge in [0.25, 0.3) is 0 Å². The van der Waals surface area contributed by atoms with E-state index in [1.54, 1.807) is 20.8 Å². The summed E-state index contributed by atoms with van der Waals surface area (Å²) in [5.41, 5.74) is -1.96. The Labute approximate surface area is 85.0 Å². The van der Waals surface area contributed by atoms with Crippen LogP contribution in [0.15, 0.2) is 6.20 Å². The zero-order valence-electron chi connectivity index (χ0n) is 11.1. The zero-order valence-corrected chi connectivity index (χ0v) is 8.11. The normalized spacial score (nSPS) is 17.4. The average molecular weight is 209 g/mol. The molecule has 1 aromatic rings. The molecule has 0 saturated carbocycles. The predicted molar refractivity (Wildman–Crippen MR) is 46.9 cm³/mol. The number of nitrogens with zero attached hydrogens (tertiary/aromatic N) is 2. The molecule has 0 saturated heterocycles. The zero-order chi connectivity index (χ0) is 13.6. The number of aryl methyl sites for hydroxylation is 1. The van der Waals surface area contributed by atoms with Crippen molar-refractivity contribution in [1.29, 1.82) is 0 Å². The van der Waals surface area contributed by atoms with E-state index < -0.39 is 24.3 Å². The van der Waals surface area contributed by atoms with E-state index in [-0.39, 0.29) is 5.82 Å². The molecule has 0 spiro atoms. The van der Waals surface area contributed by atoms with Crippen LogP contribution in [0.4, 0.5) is 13.2 Å². The van der Waals surface area contributed by atoms with Crippen LogP contribution in [0, 0.1) is 0 Å². The number of hydrogen-bond acceptors (Lipinski definition) is 1. The van der Waals surface area contributed by atoms with Gasteiger partial charge in [0, 0.05) is 22.7 Å². The van der Waals surface area contributed by atoms with E-state index in [1.165, 1.54) is 0 Å². The van der Waals surface area contributed by atoms with Crippen molar-refractivity contribution in [2.75, 3.05) is 0 Å². The molecule has 0 aliphatic rings. The molecule has 0 unspecified atom stereocenters. The highest BCUT2D eigenvalue weighted by Gasteiger charge is 2.35. The number of imidazole rings is 1. The molecule has 1 heterocycles. The lowest BCUT2D eigenvalue weighted by molar-refractivity contribution is -0.141. The Morgan fingerprint density at radius 2 is 1.93 bits per heavy atom. The van der Waals surface area contributed by atoms with Gasteiger partial charge in [-0.2, -0.15) is 13.2 Å². The monoisotopic (exact) mass is 209 g/mol. The lowest BCUT2D eigenvalue weighted by atomic mass is 9.96. The first kappa shape index (κ1) is 7.31.